The lowest BCUT2D eigenvalue weighted by Gasteiger charge is -2.15. The van der Waals surface area contributed by atoms with Gasteiger partial charge in [-0.15, -0.1) is 0 Å². The Balaban J connectivity index is 2.00. The molecule has 1 aromatic heterocycles. The van der Waals surface area contributed by atoms with E-state index in [-0.39, 0.29) is 29.3 Å². The average molecular weight is 236 g/mol. The normalized spacial score (nSPS) is 34.7. The molecule has 0 radical (unpaired) electrons. The minimum atomic E-state index is -0.328. The molecule has 1 heterocycles. The molecule has 2 saturated carbocycles. The first kappa shape index (κ1) is 10.8. The lowest BCUT2D eigenvalue weighted by atomic mass is 10.1. The highest BCUT2D eigenvalue weighted by molar-refractivity contribution is 5.13. The van der Waals surface area contributed by atoms with Crippen molar-refractivity contribution in [2.45, 2.75) is 32.2 Å². The molecule has 5 heteroatoms. The van der Waals surface area contributed by atoms with Crippen LogP contribution in [0.5, 0.6) is 0 Å². The molecule has 92 valence electrons. The van der Waals surface area contributed by atoms with E-state index in [9.17, 15) is 14.7 Å². The van der Waals surface area contributed by atoms with Crippen LogP contribution in [0.3, 0.4) is 0 Å². The van der Waals surface area contributed by atoms with Gasteiger partial charge in [0.25, 0.3) is 5.56 Å². The van der Waals surface area contributed by atoms with E-state index < -0.39 is 0 Å². The Morgan fingerprint density at radius 1 is 1.59 bits per heavy atom. The van der Waals surface area contributed by atoms with Crippen LogP contribution in [0.25, 0.3) is 0 Å². The minimum Gasteiger partial charge on any atom is -0.396 e. The molecule has 0 aliphatic heterocycles. The Kier molecular flexibility index (Phi) is 2.10. The SMILES string of the molecule is Cc1cn(C2CCC3(CO)CC23)c(=O)[nH]c1=O. The first-order chi connectivity index (χ1) is 8.07. The predicted octanol–water partition coefficient (Wildman–Crippen LogP) is 0.179. The maximum absolute atomic E-state index is 11.8. The second-order valence-corrected chi connectivity index (χ2v) is 5.42. The lowest BCUT2D eigenvalue weighted by molar-refractivity contribution is 0.205. The Morgan fingerprint density at radius 2 is 2.35 bits per heavy atom. The summed E-state index contributed by atoms with van der Waals surface area (Å²) in [6.45, 7) is 1.92. The van der Waals surface area contributed by atoms with Gasteiger partial charge in [-0.05, 0) is 37.5 Å². The number of nitrogens with zero attached hydrogens (tertiary/aromatic N) is 1. The standard InChI is InChI=1S/C12H16N2O3/c1-7-5-14(11(17)13-10(7)16)9-2-3-12(6-15)4-8(9)12/h5,8-9,15H,2-4,6H2,1H3,(H,13,16,17). The summed E-state index contributed by atoms with van der Waals surface area (Å²) in [6.07, 6.45) is 4.54. The molecule has 0 bridgehead atoms. The zero-order chi connectivity index (χ0) is 12.2. The van der Waals surface area contributed by atoms with Gasteiger partial charge in [0.05, 0.1) is 0 Å². The molecular formula is C12H16N2O3. The van der Waals surface area contributed by atoms with Crippen molar-refractivity contribution in [1.82, 2.24) is 9.55 Å². The number of aromatic amines is 1. The van der Waals surface area contributed by atoms with E-state index in [0.29, 0.717) is 11.5 Å². The number of aliphatic hydroxyl groups is 1. The summed E-state index contributed by atoms with van der Waals surface area (Å²) < 4.78 is 1.64. The molecule has 0 spiro atoms. The Bertz CT molecular complexity index is 574. The van der Waals surface area contributed by atoms with Crippen molar-refractivity contribution in [2.75, 3.05) is 6.61 Å². The van der Waals surface area contributed by atoms with Crippen LogP contribution in [0.2, 0.25) is 0 Å². The number of rotatable bonds is 2. The molecule has 3 unspecified atom stereocenters. The van der Waals surface area contributed by atoms with Crippen molar-refractivity contribution in [3.63, 3.8) is 0 Å². The van der Waals surface area contributed by atoms with E-state index in [2.05, 4.69) is 4.98 Å². The van der Waals surface area contributed by atoms with E-state index in [1.54, 1.807) is 17.7 Å². The molecule has 3 atom stereocenters. The molecule has 2 aliphatic carbocycles. The zero-order valence-electron chi connectivity index (χ0n) is 9.77. The zero-order valence-corrected chi connectivity index (χ0v) is 9.77. The topological polar surface area (TPSA) is 75.1 Å². The summed E-state index contributed by atoms with van der Waals surface area (Å²) in [7, 11) is 0. The van der Waals surface area contributed by atoms with Gasteiger partial charge in [0.1, 0.15) is 0 Å². The van der Waals surface area contributed by atoms with Crippen molar-refractivity contribution in [3.8, 4) is 0 Å². The lowest BCUT2D eigenvalue weighted by Crippen LogP contribution is -2.33. The number of aliphatic hydroxyl groups excluding tert-OH is 1. The summed E-state index contributed by atoms with van der Waals surface area (Å²) in [5, 5.41) is 9.35. The maximum Gasteiger partial charge on any atom is 0.328 e. The molecule has 0 aromatic carbocycles. The molecule has 2 aliphatic rings. The summed E-state index contributed by atoms with van der Waals surface area (Å²) >= 11 is 0. The number of fused-ring (bicyclic) bond motifs is 1. The molecule has 2 N–H and O–H groups in total. The molecule has 1 aromatic rings. The molecule has 2 fully saturated rings. The van der Waals surface area contributed by atoms with Gasteiger partial charge >= 0.3 is 5.69 Å². The van der Waals surface area contributed by atoms with Gasteiger partial charge in [0.15, 0.2) is 0 Å². The smallest absolute Gasteiger partial charge is 0.328 e. The van der Waals surface area contributed by atoms with Crippen LogP contribution in [0.15, 0.2) is 15.8 Å². The van der Waals surface area contributed by atoms with Crippen LogP contribution >= 0.6 is 0 Å². The molecule has 17 heavy (non-hydrogen) atoms. The fraction of sp³-hybridized carbons (Fsp3) is 0.667. The number of nitrogens with one attached hydrogen (secondary N) is 1. The highest BCUT2D eigenvalue weighted by atomic mass is 16.3. The van der Waals surface area contributed by atoms with E-state index in [0.717, 1.165) is 19.3 Å². The van der Waals surface area contributed by atoms with Crippen molar-refractivity contribution in [1.29, 1.82) is 0 Å². The number of aryl methyl sites for hydroxylation is 1. The molecule has 0 amide bonds. The van der Waals surface area contributed by atoms with Gasteiger partial charge in [-0.1, -0.05) is 0 Å². The van der Waals surface area contributed by atoms with Crippen LogP contribution in [0, 0.1) is 18.3 Å². The third-order valence-electron chi connectivity index (χ3n) is 4.47. The summed E-state index contributed by atoms with van der Waals surface area (Å²) in [5.41, 5.74) is -0.0137. The molecule has 0 saturated heterocycles. The fourth-order valence-corrected chi connectivity index (χ4v) is 3.27. The van der Waals surface area contributed by atoms with E-state index in [1.165, 1.54) is 0 Å². The van der Waals surface area contributed by atoms with E-state index in [4.69, 9.17) is 0 Å². The number of H-pyrrole nitrogens is 1. The number of hydrogen-bond donors (Lipinski definition) is 2. The van der Waals surface area contributed by atoms with Gasteiger partial charge < -0.3 is 5.11 Å². The van der Waals surface area contributed by atoms with Gasteiger partial charge in [0.2, 0.25) is 0 Å². The van der Waals surface area contributed by atoms with Gasteiger partial charge in [0, 0.05) is 24.4 Å². The number of aromatic nitrogens is 2. The highest BCUT2D eigenvalue weighted by Gasteiger charge is 2.61. The quantitative estimate of drug-likeness (QED) is 0.769. The third-order valence-corrected chi connectivity index (χ3v) is 4.47. The van der Waals surface area contributed by atoms with E-state index >= 15 is 0 Å². The Labute approximate surface area is 98.1 Å². The molecule has 3 rings (SSSR count). The molecular weight excluding hydrogens is 220 g/mol. The largest absolute Gasteiger partial charge is 0.396 e. The average Bonchev–Trinajstić information content (AvgIpc) is 2.92. The van der Waals surface area contributed by atoms with Crippen LogP contribution in [0.1, 0.15) is 30.9 Å². The summed E-state index contributed by atoms with van der Waals surface area (Å²) in [4.78, 5) is 25.4. The monoisotopic (exact) mass is 236 g/mol. The van der Waals surface area contributed by atoms with Crippen LogP contribution in [-0.2, 0) is 0 Å². The minimum absolute atomic E-state index is 0.0636. The van der Waals surface area contributed by atoms with Gasteiger partial charge in [-0.3, -0.25) is 14.3 Å². The second kappa shape index (κ2) is 3.32. The summed E-state index contributed by atoms with van der Waals surface area (Å²) in [5.74, 6) is 0.399. The first-order valence-electron chi connectivity index (χ1n) is 6.00. The Hall–Kier alpha value is -1.36. The fourth-order valence-electron chi connectivity index (χ4n) is 3.27. The van der Waals surface area contributed by atoms with Crippen molar-refractivity contribution in [2.24, 2.45) is 11.3 Å². The third kappa shape index (κ3) is 1.42. The predicted molar refractivity (Wildman–Crippen MR) is 62.0 cm³/mol. The Morgan fingerprint density at radius 3 is 2.94 bits per heavy atom. The second-order valence-electron chi connectivity index (χ2n) is 5.42. The first-order valence-corrected chi connectivity index (χ1v) is 6.00. The number of hydrogen-bond acceptors (Lipinski definition) is 3. The highest BCUT2D eigenvalue weighted by Crippen LogP contribution is 2.66. The van der Waals surface area contributed by atoms with Crippen molar-refractivity contribution < 1.29 is 5.11 Å². The van der Waals surface area contributed by atoms with Gasteiger partial charge in [-0.25, -0.2) is 4.79 Å². The van der Waals surface area contributed by atoms with E-state index in [1.807, 2.05) is 0 Å². The summed E-state index contributed by atoms with van der Waals surface area (Å²) in [6, 6.07) is 0.144. The van der Waals surface area contributed by atoms with Crippen LogP contribution in [-0.4, -0.2) is 21.3 Å². The van der Waals surface area contributed by atoms with Gasteiger partial charge in [-0.2, -0.15) is 0 Å². The van der Waals surface area contributed by atoms with Crippen LogP contribution < -0.4 is 11.2 Å². The van der Waals surface area contributed by atoms with Crippen molar-refractivity contribution in [3.05, 3.63) is 32.6 Å². The van der Waals surface area contributed by atoms with Crippen molar-refractivity contribution >= 4 is 0 Å². The maximum atomic E-state index is 11.8. The van der Waals surface area contributed by atoms with Crippen LogP contribution in [0.4, 0.5) is 0 Å². The molecule has 5 nitrogen and oxygen atoms in total.